The summed E-state index contributed by atoms with van der Waals surface area (Å²) in [6.07, 6.45) is 4.84. The topological polar surface area (TPSA) is 182 Å². The fourth-order valence-electron chi connectivity index (χ4n) is 4.58. The van der Waals surface area contributed by atoms with Crippen molar-refractivity contribution in [3.05, 3.63) is 18.2 Å². The van der Waals surface area contributed by atoms with Crippen molar-refractivity contribution < 1.29 is 23.9 Å². The van der Waals surface area contributed by atoms with Gasteiger partial charge in [-0.3, -0.25) is 24.1 Å². The van der Waals surface area contributed by atoms with Gasteiger partial charge in [-0.05, 0) is 32.4 Å². The molecule has 0 spiro atoms. The molecule has 4 unspecified atom stereocenters. The predicted molar refractivity (Wildman–Crippen MR) is 175 cm³/mol. The highest BCUT2D eigenvalue weighted by Crippen LogP contribution is 2.13. The summed E-state index contributed by atoms with van der Waals surface area (Å²) >= 11 is 0. The Labute approximate surface area is 269 Å². The van der Waals surface area contributed by atoms with Crippen molar-refractivity contribution in [2.75, 3.05) is 73.1 Å². The molecular formula is C31H59N9O5. The standard InChI is InChI=1S/C31H59N9O5/c1-8-23(4)28(39-29(42)24(5)18-25-19-34-21-37-25)31(44)38-26(17-22(2)3)30(43)36-12-16-45-15-11-35-27(41)20-40(13-9-32-6)14-10-33-7/h19,21-24,26,28,32-33H,8-18,20H2,1-7H3,(H,34,37)(H,35,41)(H,36,43)(H,38,44)(H,39,42). The van der Waals surface area contributed by atoms with Crippen LogP contribution in [0.4, 0.5) is 0 Å². The number of aromatic nitrogens is 2. The number of amides is 4. The largest absolute Gasteiger partial charge is 0.378 e. The third kappa shape index (κ3) is 17.3. The van der Waals surface area contributed by atoms with Crippen molar-refractivity contribution in [2.45, 2.75) is 66.0 Å². The van der Waals surface area contributed by atoms with Gasteiger partial charge < -0.3 is 41.6 Å². The number of nitrogens with one attached hydrogen (secondary N) is 7. The van der Waals surface area contributed by atoms with Crippen molar-refractivity contribution in [1.29, 1.82) is 0 Å². The first kappa shape index (κ1) is 40.0. The van der Waals surface area contributed by atoms with E-state index in [4.69, 9.17) is 4.74 Å². The Kier molecular flexibility index (Phi) is 20.7. The Morgan fingerprint density at radius 2 is 1.53 bits per heavy atom. The number of aromatic amines is 1. The molecule has 0 aliphatic carbocycles. The molecule has 258 valence electrons. The fraction of sp³-hybridized carbons (Fsp3) is 0.774. The Morgan fingerprint density at radius 3 is 2.09 bits per heavy atom. The van der Waals surface area contributed by atoms with E-state index < -0.39 is 12.1 Å². The number of nitrogens with zero attached hydrogens (tertiary/aromatic N) is 2. The summed E-state index contributed by atoms with van der Waals surface area (Å²) in [6, 6.07) is -1.53. The number of ether oxygens (including phenoxy) is 1. The molecule has 0 bridgehead atoms. The minimum atomic E-state index is -0.772. The van der Waals surface area contributed by atoms with Gasteiger partial charge in [-0.25, -0.2) is 4.98 Å². The molecule has 1 aromatic rings. The summed E-state index contributed by atoms with van der Waals surface area (Å²) < 4.78 is 5.59. The van der Waals surface area contributed by atoms with Crippen LogP contribution in [0.5, 0.6) is 0 Å². The molecule has 1 heterocycles. The highest BCUT2D eigenvalue weighted by Gasteiger charge is 2.31. The molecule has 45 heavy (non-hydrogen) atoms. The van der Waals surface area contributed by atoms with Gasteiger partial charge in [-0.15, -0.1) is 0 Å². The van der Waals surface area contributed by atoms with E-state index in [2.05, 4.69) is 46.8 Å². The van der Waals surface area contributed by atoms with E-state index in [0.29, 0.717) is 39.0 Å². The second kappa shape index (κ2) is 23.3. The number of H-pyrrole nitrogens is 1. The van der Waals surface area contributed by atoms with Crippen molar-refractivity contribution in [2.24, 2.45) is 17.8 Å². The maximum atomic E-state index is 13.4. The highest BCUT2D eigenvalue weighted by atomic mass is 16.5. The van der Waals surface area contributed by atoms with E-state index in [0.717, 1.165) is 31.9 Å². The third-order valence-electron chi connectivity index (χ3n) is 7.50. The van der Waals surface area contributed by atoms with Gasteiger partial charge in [0.2, 0.25) is 23.6 Å². The SMILES string of the molecule is CCC(C)C(NC(=O)C(C)Cc1cnc[nH]1)C(=O)NC(CC(C)C)C(=O)NCCOCCNC(=O)CN(CCNC)CCNC. The second-order valence-corrected chi connectivity index (χ2v) is 12.0. The van der Waals surface area contributed by atoms with Crippen LogP contribution < -0.4 is 31.9 Å². The Balaban J connectivity index is 2.54. The quantitative estimate of drug-likeness (QED) is 0.0705. The smallest absolute Gasteiger partial charge is 0.243 e. The average molecular weight is 638 g/mol. The van der Waals surface area contributed by atoms with E-state index in [1.54, 1.807) is 19.4 Å². The number of imidazole rings is 1. The van der Waals surface area contributed by atoms with Gasteiger partial charge in [0.1, 0.15) is 12.1 Å². The molecule has 0 saturated heterocycles. The van der Waals surface area contributed by atoms with Crippen molar-refractivity contribution in [1.82, 2.24) is 46.8 Å². The number of hydrogen-bond acceptors (Lipinski definition) is 9. The van der Waals surface area contributed by atoms with Gasteiger partial charge in [-0.1, -0.05) is 41.0 Å². The van der Waals surface area contributed by atoms with E-state index >= 15 is 0 Å². The average Bonchev–Trinajstić information content (AvgIpc) is 3.52. The molecule has 0 saturated carbocycles. The number of hydrogen-bond donors (Lipinski definition) is 7. The molecule has 4 atom stereocenters. The zero-order valence-electron chi connectivity index (χ0n) is 28.5. The summed E-state index contributed by atoms with van der Waals surface area (Å²) in [7, 11) is 3.77. The highest BCUT2D eigenvalue weighted by molar-refractivity contribution is 5.92. The van der Waals surface area contributed by atoms with E-state index in [1.165, 1.54) is 0 Å². The summed E-state index contributed by atoms with van der Waals surface area (Å²) in [5.74, 6) is -1.33. The monoisotopic (exact) mass is 637 g/mol. The molecule has 0 radical (unpaired) electrons. The molecule has 1 aromatic heterocycles. The van der Waals surface area contributed by atoms with E-state index in [-0.39, 0.29) is 54.5 Å². The molecular weight excluding hydrogens is 578 g/mol. The van der Waals surface area contributed by atoms with Gasteiger partial charge in [-0.2, -0.15) is 0 Å². The zero-order valence-corrected chi connectivity index (χ0v) is 28.5. The first-order valence-electron chi connectivity index (χ1n) is 16.2. The lowest BCUT2D eigenvalue weighted by Crippen LogP contribution is -2.56. The molecule has 7 N–H and O–H groups in total. The summed E-state index contributed by atoms with van der Waals surface area (Å²) in [5, 5.41) is 17.7. The number of rotatable bonds is 25. The molecule has 0 aliphatic heterocycles. The van der Waals surface area contributed by atoms with Crippen LogP contribution in [-0.2, 0) is 30.3 Å². The minimum absolute atomic E-state index is 0.0643. The van der Waals surface area contributed by atoms with Crippen LogP contribution in [0.3, 0.4) is 0 Å². The van der Waals surface area contributed by atoms with Gasteiger partial charge in [0, 0.05) is 63.5 Å². The van der Waals surface area contributed by atoms with Crippen molar-refractivity contribution in [3.63, 3.8) is 0 Å². The Bertz CT molecular complexity index is 969. The van der Waals surface area contributed by atoms with Gasteiger partial charge in [0.25, 0.3) is 0 Å². The second-order valence-electron chi connectivity index (χ2n) is 12.0. The predicted octanol–water partition coefficient (Wildman–Crippen LogP) is -0.360. The van der Waals surface area contributed by atoms with E-state index in [1.807, 2.05) is 41.8 Å². The van der Waals surface area contributed by atoms with Gasteiger partial charge in [0.05, 0.1) is 26.1 Å². The van der Waals surface area contributed by atoms with E-state index in [9.17, 15) is 19.2 Å². The van der Waals surface area contributed by atoms with Crippen LogP contribution in [0.25, 0.3) is 0 Å². The number of likely N-dealkylation sites (N-methyl/N-ethyl adjacent to an activating group) is 2. The third-order valence-corrected chi connectivity index (χ3v) is 7.50. The fourth-order valence-corrected chi connectivity index (χ4v) is 4.58. The first-order valence-corrected chi connectivity index (χ1v) is 16.2. The van der Waals surface area contributed by atoms with Crippen LogP contribution in [0, 0.1) is 17.8 Å². The number of carbonyl (C=O) groups is 4. The molecule has 4 amide bonds. The van der Waals surface area contributed by atoms with Crippen LogP contribution in [0.15, 0.2) is 12.5 Å². The molecule has 1 rings (SSSR count). The summed E-state index contributed by atoms with van der Waals surface area (Å²) in [5.41, 5.74) is 0.840. The first-order chi connectivity index (χ1) is 21.5. The normalized spacial score (nSPS) is 14.1. The lowest BCUT2D eigenvalue weighted by Gasteiger charge is -2.28. The molecule has 0 fully saturated rings. The Hall–Kier alpha value is -3.07. The van der Waals surface area contributed by atoms with Crippen LogP contribution >= 0.6 is 0 Å². The van der Waals surface area contributed by atoms with Crippen LogP contribution in [0.2, 0.25) is 0 Å². The van der Waals surface area contributed by atoms with Crippen molar-refractivity contribution >= 4 is 23.6 Å². The van der Waals surface area contributed by atoms with Gasteiger partial charge >= 0.3 is 0 Å². The minimum Gasteiger partial charge on any atom is -0.378 e. The number of carbonyl (C=O) groups excluding carboxylic acids is 4. The van der Waals surface area contributed by atoms with Crippen LogP contribution in [-0.4, -0.2) is 124 Å². The summed E-state index contributed by atoms with van der Waals surface area (Å²) in [6.45, 7) is 14.3. The maximum Gasteiger partial charge on any atom is 0.243 e. The summed E-state index contributed by atoms with van der Waals surface area (Å²) in [4.78, 5) is 60.8. The molecule has 14 heteroatoms. The lowest BCUT2D eigenvalue weighted by atomic mass is 9.95. The lowest BCUT2D eigenvalue weighted by molar-refractivity contribution is -0.134. The maximum absolute atomic E-state index is 13.4. The van der Waals surface area contributed by atoms with Crippen molar-refractivity contribution in [3.8, 4) is 0 Å². The van der Waals surface area contributed by atoms with Crippen LogP contribution in [0.1, 0.15) is 53.2 Å². The van der Waals surface area contributed by atoms with Gasteiger partial charge in [0.15, 0.2) is 0 Å². The molecule has 0 aliphatic rings. The Morgan fingerprint density at radius 1 is 0.889 bits per heavy atom. The zero-order chi connectivity index (χ0) is 33.6. The molecule has 0 aromatic carbocycles. The molecule has 14 nitrogen and oxygen atoms in total.